The van der Waals surface area contributed by atoms with Gasteiger partial charge in [-0.25, -0.2) is 29.7 Å². The van der Waals surface area contributed by atoms with Crippen molar-refractivity contribution < 1.29 is 93.2 Å². The molecule has 10 rings (SSSR count). The number of hydrogen-bond donors (Lipinski definition) is 6. The van der Waals surface area contributed by atoms with Gasteiger partial charge in [-0.05, 0) is 85.2 Å². The molecule has 0 fully saturated rings. The number of carbonyl (C=O) groups excluding carboxylic acids is 7. The minimum absolute atomic E-state index is 0.00134. The van der Waals surface area contributed by atoms with Gasteiger partial charge in [0.2, 0.25) is 0 Å². The third-order valence-corrected chi connectivity index (χ3v) is 15.5. The number of fused-ring (bicyclic) bond motifs is 5. The predicted molar refractivity (Wildman–Crippen MR) is 378 cm³/mol. The fourth-order valence-electron chi connectivity index (χ4n) is 10.5. The van der Waals surface area contributed by atoms with Gasteiger partial charge in [0.05, 0.1) is 89.9 Å². The predicted octanol–water partition coefficient (Wildman–Crippen LogP) is 13.1. The molecule has 0 bridgehead atoms. The number of amides is 6. The Bertz CT molecular complexity index is 5100. The standard InChI is InChI=1S/C73H68F6N12O15/c1-37(2)34-104-57-30-50(83-62-43(57)18-11-22-47(62)89-68(95)52-32-59(106-36-39(5)6)44-19-12-24-54(91(99)100)64(44)85-52)66(93)87-45-20-8-15-40-55(102-27-13-25-80-70(97)72(74,75)76)29-49(82-60(40)45)65(92)88-46-21-10-17-42-58(105-35-38(3)4)31-51(84-61(42)46)67(94)90-48-23-9-16-41-56(33-53(69(96)101-7)86-63(41)48)103-28-14-26-81-71(98)73(77,78)79/h8-12,15-24,29-33,37-39H,13-14,25-28,34-36H2,1-7H3,(H,80,97)(H,81,98)(H,87,93)(H,88,92)(H,89,95)(H,90,94). The van der Waals surface area contributed by atoms with Crippen LogP contribution in [-0.4, -0.2) is 137 Å². The number of anilines is 4. The smallest absolute Gasteiger partial charge is 0.471 e. The normalized spacial score (nSPS) is 11.6. The Hall–Kier alpha value is -12.6. The number of methoxy groups -OCH3 is 1. The summed E-state index contributed by atoms with van der Waals surface area (Å²) in [4.78, 5) is 129. The van der Waals surface area contributed by atoms with E-state index in [-0.39, 0.29) is 188 Å². The van der Waals surface area contributed by atoms with Crippen LogP contribution < -0.4 is 55.6 Å². The van der Waals surface area contributed by atoms with Gasteiger partial charge in [0.1, 0.15) is 51.5 Å². The van der Waals surface area contributed by atoms with Crippen molar-refractivity contribution in [2.45, 2.75) is 66.7 Å². The molecule has 5 aromatic carbocycles. The van der Waals surface area contributed by atoms with Crippen LogP contribution in [0, 0.1) is 27.9 Å². The zero-order chi connectivity index (χ0) is 76.3. The number of halogens is 6. The Morgan fingerprint density at radius 3 is 0.981 bits per heavy atom. The number of aromatic nitrogens is 5. The Morgan fingerprint density at radius 1 is 0.415 bits per heavy atom. The molecule has 5 aromatic heterocycles. The van der Waals surface area contributed by atoms with E-state index in [1.54, 1.807) is 47.0 Å². The zero-order valence-electron chi connectivity index (χ0n) is 57.7. The molecule has 0 aliphatic heterocycles. The first-order chi connectivity index (χ1) is 50.4. The third-order valence-electron chi connectivity index (χ3n) is 15.5. The summed E-state index contributed by atoms with van der Waals surface area (Å²) in [5, 5.41) is 28.3. The largest absolute Gasteiger partial charge is 0.493 e. The molecule has 0 atom stereocenters. The number of alkyl halides is 6. The summed E-state index contributed by atoms with van der Waals surface area (Å²) in [6.45, 7) is 10.4. The van der Waals surface area contributed by atoms with Crippen molar-refractivity contribution in [1.29, 1.82) is 0 Å². The first kappa shape index (κ1) is 76.1. The zero-order valence-corrected chi connectivity index (χ0v) is 57.7. The number of nitrogens with zero attached hydrogens (tertiary/aromatic N) is 6. The van der Waals surface area contributed by atoms with Crippen LogP contribution >= 0.6 is 0 Å². The van der Waals surface area contributed by atoms with Gasteiger partial charge < -0.3 is 60.3 Å². The van der Waals surface area contributed by atoms with Gasteiger partial charge in [-0.3, -0.25) is 38.9 Å². The molecular weight excluding hydrogens is 1400 g/mol. The summed E-state index contributed by atoms with van der Waals surface area (Å²) in [5.74, 6) is -8.30. The molecular formula is C73H68F6N12O15. The summed E-state index contributed by atoms with van der Waals surface area (Å²) < 4.78 is 113. The number of ether oxygens (including phenoxy) is 6. The third kappa shape index (κ3) is 18.2. The van der Waals surface area contributed by atoms with Crippen LogP contribution in [0.15, 0.2) is 121 Å². The Kier molecular flexibility index (Phi) is 23.5. The molecule has 552 valence electrons. The molecule has 0 aliphatic rings. The van der Waals surface area contributed by atoms with Crippen molar-refractivity contribution in [3.63, 3.8) is 0 Å². The first-order valence-electron chi connectivity index (χ1n) is 33.0. The fourth-order valence-corrected chi connectivity index (χ4v) is 10.5. The molecule has 5 heterocycles. The van der Waals surface area contributed by atoms with Gasteiger partial charge in [0, 0.05) is 76.4 Å². The molecule has 0 spiro atoms. The minimum atomic E-state index is -5.16. The van der Waals surface area contributed by atoms with Crippen molar-refractivity contribution in [2.24, 2.45) is 17.8 Å². The van der Waals surface area contributed by atoms with Crippen LogP contribution in [0.3, 0.4) is 0 Å². The highest BCUT2D eigenvalue weighted by Gasteiger charge is 2.39. The number of rotatable bonds is 29. The molecule has 106 heavy (non-hydrogen) atoms. The maximum absolute atomic E-state index is 15.0. The van der Waals surface area contributed by atoms with E-state index < -0.39 is 71.8 Å². The SMILES string of the molecule is COC(=O)c1cc(OCCCNC(=O)C(F)(F)F)c2cccc(NC(=O)c3cc(OCC(C)C)c4cccc(NC(=O)c5cc(OCCCNC(=O)C(F)(F)F)c6cccc(NC(=O)c7cc(OCC(C)C)c8cccc(NC(=O)c9cc(OCC(C)C)c%10cccc([N+](=O)[O-])c%10n9)c8n7)c6n5)c4n3)c2n1. The molecule has 0 saturated carbocycles. The first-order valence-corrected chi connectivity index (χ1v) is 33.0. The number of non-ortho nitro benzene ring substituents is 1. The van der Waals surface area contributed by atoms with Crippen LogP contribution in [0.25, 0.3) is 54.5 Å². The van der Waals surface area contributed by atoms with E-state index in [1.165, 1.54) is 84.9 Å². The molecule has 0 saturated heterocycles. The van der Waals surface area contributed by atoms with Gasteiger partial charge in [0.25, 0.3) is 29.3 Å². The van der Waals surface area contributed by atoms with E-state index in [1.807, 2.05) is 41.5 Å². The molecule has 0 radical (unpaired) electrons. The van der Waals surface area contributed by atoms with E-state index >= 15 is 0 Å². The van der Waals surface area contributed by atoms with Crippen molar-refractivity contribution >= 4 is 124 Å². The molecule has 10 aromatic rings. The van der Waals surface area contributed by atoms with Crippen molar-refractivity contribution in [3.8, 4) is 28.7 Å². The number of nitro benzene ring substituents is 1. The average Bonchev–Trinajstić information content (AvgIpc) is 0.782. The number of hydrogen-bond acceptors (Lipinski definition) is 20. The molecule has 27 nitrogen and oxygen atoms in total. The van der Waals surface area contributed by atoms with Gasteiger partial charge >= 0.3 is 30.1 Å². The summed E-state index contributed by atoms with van der Waals surface area (Å²) >= 11 is 0. The molecule has 0 aliphatic carbocycles. The van der Waals surface area contributed by atoms with Crippen LogP contribution in [0.4, 0.5) is 54.8 Å². The number of nitro groups is 1. The number of para-hydroxylation sites is 5. The molecule has 6 amide bonds. The van der Waals surface area contributed by atoms with Gasteiger partial charge in [-0.15, -0.1) is 0 Å². The van der Waals surface area contributed by atoms with E-state index in [0.717, 1.165) is 7.11 Å². The summed E-state index contributed by atoms with van der Waals surface area (Å²) in [7, 11) is 1.10. The van der Waals surface area contributed by atoms with Gasteiger partial charge in [0.15, 0.2) is 11.2 Å². The summed E-state index contributed by atoms with van der Waals surface area (Å²) in [6, 6.07) is 29.4. The number of pyridine rings is 5. The molecule has 33 heteroatoms. The minimum Gasteiger partial charge on any atom is -0.493 e. The lowest BCUT2D eigenvalue weighted by Crippen LogP contribution is -2.37. The number of esters is 1. The molecule has 0 unspecified atom stereocenters. The van der Waals surface area contributed by atoms with Crippen molar-refractivity contribution in [3.05, 3.63) is 160 Å². The van der Waals surface area contributed by atoms with E-state index in [0.29, 0.717) is 16.2 Å². The highest BCUT2D eigenvalue weighted by atomic mass is 19.4. The lowest BCUT2D eigenvalue weighted by molar-refractivity contribution is -0.383. The Labute approximate surface area is 598 Å². The number of benzene rings is 5. The fraction of sp³-hybridized carbons (Fsp3) is 0.288. The van der Waals surface area contributed by atoms with Crippen LogP contribution in [-0.2, 0) is 14.3 Å². The van der Waals surface area contributed by atoms with Crippen molar-refractivity contribution in [1.82, 2.24) is 35.6 Å². The van der Waals surface area contributed by atoms with Crippen LogP contribution in [0.2, 0.25) is 0 Å². The maximum atomic E-state index is 15.0. The Balaban J connectivity index is 0.994. The second kappa shape index (κ2) is 32.8. The van der Waals surface area contributed by atoms with Gasteiger partial charge in [-0.2, -0.15) is 26.3 Å². The second-order valence-corrected chi connectivity index (χ2v) is 25.1. The second-order valence-electron chi connectivity index (χ2n) is 25.1. The number of carbonyl (C=O) groups is 7. The Morgan fingerprint density at radius 2 is 0.689 bits per heavy atom. The van der Waals surface area contributed by atoms with Crippen LogP contribution in [0.5, 0.6) is 28.7 Å². The maximum Gasteiger partial charge on any atom is 0.471 e. The van der Waals surface area contributed by atoms with E-state index in [9.17, 15) is 70.0 Å². The highest BCUT2D eigenvalue weighted by Crippen LogP contribution is 2.39. The van der Waals surface area contributed by atoms with Gasteiger partial charge in [-0.1, -0.05) is 71.9 Å². The average molecular weight is 1470 g/mol. The molecule has 6 N–H and O–H groups in total. The van der Waals surface area contributed by atoms with E-state index in [4.69, 9.17) is 43.4 Å². The monoisotopic (exact) mass is 1470 g/mol. The highest BCUT2D eigenvalue weighted by molar-refractivity contribution is 6.16. The van der Waals surface area contributed by atoms with Crippen molar-refractivity contribution in [2.75, 3.05) is 74.5 Å². The number of nitrogens with one attached hydrogen (secondary N) is 6. The quantitative estimate of drug-likeness (QED) is 0.00833. The van der Waals surface area contributed by atoms with E-state index in [2.05, 4.69) is 31.2 Å². The lowest BCUT2D eigenvalue weighted by atomic mass is 10.1. The summed E-state index contributed by atoms with van der Waals surface area (Å²) in [5.41, 5.74) is -1.82. The topological polar surface area (TPSA) is 355 Å². The van der Waals surface area contributed by atoms with Crippen LogP contribution in [0.1, 0.15) is 107 Å². The lowest BCUT2D eigenvalue weighted by Gasteiger charge is -2.17. The summed E-state index contributed by atoms with van der Waals surface area (Å²) in [6.07, 6.45) is -10.5.